The largest absolute Gasteiger partial charge is 0.392 e. The number of anilines is 1. The number of halogens is 2. The maximum atomic E-state index is 12.1. The molecule has 0 aliphatic carbocycles. The molecule has 0 radical (unpaired) electrons. The lowest BCUT2D eigenvalue weighted by Crippen LogP contribution is -2.41. The van der Waals surface area contributed by atoms with E-state index >= 15 is 0 Å². The van der Waals surface area contributed by atoms with Crippen molar-refractivity contribution in [3.8, 4) is 0 Å². The summed E-state index contributed by atoms with van der Waals surface area (Å²) in [4.78, 5) is 12.2. The van der Waals surface area contributed by atoms with Crippen molar-refractivity contribution in [3.05, 3.63) is 27.2 Å². The molecule has 0 aliphatic heterocycles. The third-order valence-corrected chi connectivity index (χ3v) is 4.25. The van der Waals surface area contributed by atoms with Gasteiger partial charge in [0.25, 0.3) is 0 Å². The van der Waals surface area contributed by atoms with E-state index in [4.69, 9.17) is 29.6 Å². The summed E-state index contributed by atoms with van der Waals surface area (Å²) in [7, 11) is 0. The third kappa shape index (κ3) is 3.22. The number of carbonyl (C=O) groups is 1. The molecule has 0 saturated carbocycles. The molecule has 6 heteroatoms. The highest BCUT2D eigenvalue weighted by atomic mass is 79.9. The Hall–Kier alpha value is -0.650. The number of carbonyl (C=O) groups excluding carboxylic acids is 1. The summed E-state index contributed by atoms with van der Waals surface area (Å²) < 4.78 is 0.761. The van der Waals surface area contributed by atoms with Crippen LogP contribution in [-0.2, 0) is 4.79 Å². The number of benzene rings is 1. The summed E-state index contributed by atoms with van der Waals surface area (Å²) in [5.74, 6) is -0.268. The van der Waals surface area contributed by atoms with Gasteiger partial charge in [-0.15, -0.1) is 0 Å². The first-order valence-corrected chi connectivity index (χ1v) is 6.81. The number of hydrogen-bond donors (Lipinski definition) is 2. The first-order chi connectivity index (χ1) is 8.16. The monoisotopic (exact) mass is 348 g/mol. The van der Waals surface area contributed by atoms with Crippen molar-refractivity contribution in [3.63, 3.8) is 0 Å². The molecule has 3 N–H and O–H groups in total. The number of aryl methyl sites for hydroxylation is 1. The molecule has 3 nitrogen and oxygen atoms in total. The van der Waals surface area contributed by atoms with Crippen LogP contribution in [0.5, 0.6) is 0 Å². The number of nitrogens with two attached hydrogens (primary N) is 1. The molecule has 0 aliphatic rings. The minimum absolute atomic E-state index is 0.148. The topological polar surface area (TPSA) is 55.1 Å². The standard InChI is InChI=1S/C12H14BrClN2OS/c1-6-4-7(13)9(5-8(6)14)16-11(17)12(2,3)10(15)18/h4-5H,1-3H3,(H2,15,18)(H,16,17). The predicted molar refractivity (Wildman–Crippen MR) is 83.1 cm³/mol. The summed E-state index contributed by atoms with van der Waals surface area (Å²) in [6.07, 6.45) is 0. The summed E-state index contributed by atoms with van der Waals surface area (Å²) in [5, 5.41) is 3.35. The molecule has 0 fully saturated rings. The lowest BCUT2D eigenvalue weighted by molar-refractivity contribution is -0.121. The fourth-order valence-corrected chi connectivity index (χ4v) is 1.95. The second kappa shape index (κ2) is 5.55. The maximum Gasteiger partial charge on any atom is 0.236 e. The Bertz CT molecular complexity index is 517. The van der Waals surface area contributed by atoms with E-state index < -0.39 is 5.41 Å². The molecule has 0 unspecified atom stereocenters. The Morgan fingerprint density at radius 2 is 2.06 bits per heavy atom. The molecule has 0 bridgehead atoms. The molecule has 98 valence electrons. The van der Waals surface area contributed by atoms with Crippen LogP contribution >= 0.6 is 39.7 Å². The Balaban J connectivity index is 3.03. The first-order valence-electron chi connectivity index (χ1n) is 5.23. The van der Waals surface area contributed by atoms with Gasteiger partial charge in [-0.3, -0.25) is 4.79 Å². The van der Waals surface area contributed by atoms with E-state index in [1.807, 2.05) is 13.0 Å². The number of thiocarbonyl (C=S) groups is 1. The summed E-state index contributed by atoms with van der Waals surface area (Å²) in [5.41, 5.74) is 6.16. The van der Waals surface area contributed by atoms with Crippen LogP contribution in [0.15, 0.2) is 16.6 Å². The number of hydrogen-bond acceptors (Lipinski definition) is 2. The molecule has 0 saturated heterocycles. The van der Waals surface area contributed by atoms with Gasteiger partial charge >= 0.3 is 0 Å². The lowest BCUT2D eigenvalue weighted by Gasteiger charge is -2.22. The minimum atomic E-state index is -0.911. The zero-order valence-corrected chi connectivity index (χ0v) is 13.5. The van der Waals surface area contributed by atoms with Gasteiger partial charge in [0.2, 0.25) is 5.91 Å². The quantitative estimate of drug-likeness (QED) is 0.819. The van der Waals surface area contributed by atoms with Crippen LogP contribution in [-0.4, -0.2) is 10.9 Å². The number of amides is 1. The van der Waals surface area contributed by atoms with Gasteiger partial charge in [-0.2, -0.15) is 0 Å². The zero-order valence-electron chi connectivity index (χ0n) is 10.3. The van der Waals surface area contributed by atoms with Gasteiger partial charge in [0, 0.05) is 9.50 Å². The van der Waals surface area contributed by atoms with Crippen molar-refractivity contribution >= 4 is 56.3 Å². The molecule has 0 atom stereocenters. The average Bonchev–Trinajstić information content (AvgIpc) is 2.25. The molecular formula is C12H14BrClN2OS. The molecule has 0 spiro atoms. The average molecular weight is 350 g/mol. The van der Waals surface area contributed by atoms with Crippen LogP contribution in [0.25, 0.3) is 0 Å². The van der Waals surface area contributed by atoms with Crippen molar-refractivity contribution in [2.75, 3.05) is 5.32 Å². The van der Waals surface area contributed by atoms with Crippen LogP contribution in [0.3, 0.4) is 0 Å². The van der Waals surface area contributed by atoms with Crippen molar-refractivity contribution in [2.45, 2.75) is 20.8 Å². The Morgan fingerprint density at radius 3 is 2.56 bits per heavy atom. The fourth-order valence-electron chi connectivity index (χ4n) is 1.13. The van der Waals surface area contributed by atoms with Gasteiger partial charge in [-0.1, -0.05) is 23.8 Å². The van der Waals surface area contributed by atoms with Gasteiger partial charge in [-0.25, -0.2) is 0 Å². The summed E-state index contributed by atoms with van der Waals surface area (Å²) in [6, 6.07) is 3.53. The number of rotatable bonds is 3. The highest BCUT2D eigenvalue weighted by Crippen LogP contribution is 2.30. The van der Waals surface area contributed by atoms with Crippen LogP contribution in [0.4, 0.5) is 5.69 Å². The highest BCUT2D eigenvalue weighted by molar-refractivity contribution is 9.10. The SMILES string of the molecule is Cc1cc(Br)c(NC(=O)C(C)(C)C(N)=S)cc1Cl. The number of nitrogens with one attached hydrogen (secondary N) is 1. The Kier molecular flexibility index (Phi) is 4.75. The second-order valence-corrected chi connectivity index (χ2v) is 6.23. The Labute approximate surface area is 125 Å². The second-order valence-electron chi connectivity index (χ2n) is 4.52. The lowest BCUT2D eigenvalue weighted by atomic mass is 9.92. The molecule has 1 rings (SSSR count). The van der Waals surface area contributed by atoms with Gasteiger partial charge in [0.05, 0.1) is 16.1 Å². The third-order valence-electron chi connectivity index (χ3n) is 2.68. The van der Waals surface area contributed by atoms with E-state index in [1.54, 1.807) is 19.9 Å². The van der Waals surface area contributed by atoms with Crippen molar-refractivity contribution in [1.82, 2.24) is 0 Å². The van der Waals surface area contributed by atoms with Crippen LogP contribution < -0.4 is 11.1 Å². The smallest absolute Gasteiger partial charge is 0.236 e. The van der Waals surface area contributed by atoms with E-state index in [0.29, 0.717) is 10.7 Å². The van der Waals surface area contributed by atoms with Gasteiger partial charge < -0.3 is 11.1 Å². The van der Waals surface area contributed by atoms with E-state index in [9.17, 15) is 4.79 Å². The highest BCUT2D eigenvalue weighted by Gasteiger charge is 2.31. The fraction of sp³-hybridized carbons (Fsp3) is 0.333. The first kappa shape index (κ1) is 15.4. The van der Waals surface area contributed by atoms with Gasteiger partial charge in [-0.05, 0) is 54.4 Å². The van der Waals surface area contributed by atoms with Crippen LogP contribution in [0.1, 0.15) is 19.4 Å². The van der Waals surface area contributed by atoms with Crippen LogP contribution in [0, 0.1) is 12.3 Å². The molecule has 1 aromatic carbocycles. The van der Waals surface area contributed by atoms with E-state index in [0.717, 1.165) is 10.0 Å². The molecule has 1 aromatic rings. The van der Waals surface area contributed by atoms with Crippen LogP contribution in [0.2, 0.25) is 5.02 Å². The predicted octanol–water partition coefficient (Wildman–Crippen LogP) is 3.66. The van der Waals surface area contributed by atoms with E-state index in [2.05, 4.69) is 21.2 Å². The van der Waals surface area contributed by atoms with E-state index in [1.165, 1.54) is 0 Å². The maximum absolute atomic E-state index is 12.1. The summed E-state index contributed by atoms with van der Waals surface area (Å²) >= 11 is 14.3. The zero-order chi connectivity index (χ0) is 14.1. The molecule has 0 heterocycles. The Morgan fingerprint density at radius 1 is 1.50 bits per heavy atom. The molecule has 18 heavy (non-hydrogen) atoms. The van der Waals surface area contributed by atoms with Gasteiger partial charge in [0.15, 0.2) is 0 Å². The van der Waals surface area contributed by atoms with Crippen molar-refractivity contribution < 1.29 is 4.79 Å². The normalized spacial score (nSPS) is 11.2. The molecule has 0 aromatic heterocycles. The van der Waals surface area contributed by atoms with E-state index in [-0.39, 0.29) is 10.9 Å². The minimum Gasteiger partial charge on any atom is -0.392 e. The van der Waals surface area contributed by atoms with Gasteiger partial charge in [0.1, 0.15) is 0 Å². The van der Waals surface area contributed by atoms with Crippen molar-refractivity contribution in [2.24, 2.45) is 11.1 Å². The van der Waals surface area contributed by atoms with Crippen molar-refractivity contribution in [1.29, 1.82) is 0 Å². The molecular weight excluding hydrogens is 336 g/mol. The molecule has 1 amide bonds. The summed E-state index contributed by atoms with van der Waals surface area (Å²) in [6.45, 7) is 5.24.